The van der Waals surface area contributed by atoms with Crippen molar-refractivity contribution in [2.45, 2.75) is 46.1 Å². The number of aliphatic carboxylic acids is 1. The van der Waals surface area contributed by atoms with Gasteiger partial charge in [0.05, 0.1) is 0 Å². The van der Waals surface area contributed by atoms with E-state index in [0.717, 1.165) is 5.56 Å². The Morgan fingerprint density at radius 1 is 1.32 bits per heavy atom. The molecule has 5 nitrogen and oxygen atoms in total. The fourth-order valence-corrected chi connectivity index (χ4v) is 1.95. The van der Waals surface area contributed by atoms with Gasteiger partial charge in [-0.15, -0.1) is 0 Å². The second-order valence-electron chi connectivity index (χ2n) is 6.06. The molecule has 1 aromatic rings. The smallest absolute Gasteiger partial charge is 0.414 e. The maximum atomic E-state index is 12.4. The van der Waals surface area contributed by atoms with Gasteiger partial charge in [-0.3, -0.25) is 9.69 Å². The van der Waals surface area contributed by atoms with E-state index in [4.69, 9.17) is 21.4 Å². The van der Waals surface area contributed by atoms with Crippen molar-refractivity contribution >= 4 is 29.4 Å². The first kappa shape index (κ1) is 18.3. The molecule has 0 aliphatic rings. The Hall–Kier alpha value is -1.75. The summed E-state index contributed by atoms with van der Waals surface area (Å²) < 4.78 is 5.39. The Morgan fingerprint density at radius 3 is 2.45 bits per heavy atom. The monoisotopic (exact) mass is 327 g/mol. The van der Waals surface area contributed by atoms with Crippen LogP contribution >= 0.6 is 11.6 Å². The maximum Gasteiger partial charge on any atom is 0.414 e. The van der Waals surface area contributed by atoms with Crippen LogP contribution in [0.4, 0.5) is 10.5 Å². The predicted octanol–water partition coefficient (Wildman–Crippen LogP) is 4.25. The number of halogens is 1. The summed E-state index contributed by atoms with van der Waals surface area (Å²) in [4.78, 5) is 24.5. The summed E-state index contributed by atoms with van der Waals surface area (Å²) in [6, 6.07) is 5.22. The van der Waals surface area contributed by atoms with Gasteiger partial charge in [0.25, 0.3) is 0 Å². The molecule has 1 aromatic carbocycles. The minimum absolute atomic E-state index is 0.00807. The molecular weight excluding hydrogens is 306 g/mol. The SMILES string of the molecule is Cc1cc(N(CCCC(=O)O)C(=O)OC(C)(C)C)ccc1Cl. The van der Waals surface area contributed by atoms with Crippen LogP contribution in [-0.4, -0.2) is 29.3 Å². The van der Waals surface area contributed by atoms with Crippen molar-refractivity contribution < 1.29 is 19.4 Å². The van der Waals surface area contributed by atoms with Crippen molar-refractivity contribution in [2.75, 3.05) is 11.4 Å². The number of amides is 1. The van der Waals surface area contributed by atoms with E-state index in [1.807, 2.05) is 6.92 Å². The third-order valence-corrected chi connectivity index (χ3v) is 3.26. The van der Waals surface area contributed by atoms with E-state index in [1.165, 1.54) is 4.90 Å². The van der Waals surface area contributed by atoms with Crippen molar-refractivity contribution in [3.05, 3.63) is 28.8 Å². The molecule has 0 aliphatic heterocycles. The molecule has 1 rings (SSSR count). The molecule has 22 heavy (non-hydrogen) atoms. The molecule has 0 atom stereocenters. The number of hydrogen-bond acceptors (Lipinski definition) is 3. The van der Waals surface area contributed by atoms with E-state index in [1.54, 1.807) is 39.0 Å². The van der Waals surface area contributed by atoms with Gasteiger partial charge < -0.3 is 9.84 Å². The zero-order chi connectivity index (χ0) is 16.9. The minimum atomic E-state index is -0.892. The van der Waals surface area contributed by atoms with Crippen LogP contribution < -0.4 is 4.90 Å². The van der Waals surface area contributed by atoms with Gasteiger partial charge in [0.1, 0.15) is 5.60 Å². The third kappa shape index (κ3) is 5.93. The molecule has 1 amide bonds. The van der Waals surface area contributed by atoms with Crippen LogP contribution in [0.25, 0.3) is 0 Å². The summed E-state index contributed by atoms with van der Waals surface area (Å²) in [6.07, 6.45) is -0.165. The first-order valence-electron chi connectivity index (χ1n) is 7.08. The maximum absolute atomic E-state index is 12.4. The van der Waals surface area contributed by atoms with Gasteiger partial charge in [0.15, 0.2) is 0 Å². The largest absolute Gasteiger partial charge is 0.481 e. The Bertz CT molecular complexity index is 552. The second kappa shape index (κ2) is 7.49. The summed E-state index contributed by atoms with van der Waals surface area (Å²) in [5.41, 5.74) is 0.858. The van der Waals surface area contributed by atoms with Crippen molar-refractivity contribution in [1.29, 1.82) is 0 Å². The fraction of sp³-hybridized carbons (Fsp3) is 0.500. The van der Waals surface area contributed by atoms with Gasteiger partial charge >= 0.3 is 12.1 Å². The Kier molecular flexibility index (Phi) is 6.23. The molecule has 6 heteroatoms. The molecule has 0 spiro atoms. The van der Waals surface area contributed by atoms with Crippen LogP contribution in [0.2, 0.25) is 5.02 Å². The van der Waals surface area contributed by atoms with Crippen LogP contribution in [0.5, 0.6) is 0 Å². The molecule has 0 fully saturated rings. The number of carboxylic acid groups (broad SMARTS) is 1. The van der Waals surface area contributed by atoms with E-state index >= 15 is 0 Å². The van der Waals surface area contributed by atoms with E-state index in [9.17, 15) is 9.59 Å². The van der Waals surface area contributed by atoms with Crippen LogP contribution in [0.1, 0.15) is 39.2 Å². The average Bonchev–Trinajstić information content (AvgIpc) is 2.35. The molecule has 0 saturated heterocycles. The van der Waals surface area contributed by atoms with Crippen LogP contribution in [0.15, 0.2) is 18.2 Å². The Labute approximate surface area is 135 Å². The van der Waals surface area contributed by atoms with Gasteiger partial charge in [-0.1, -0.05) is 11.6 Å². The molecule has 0 radical (unpaired) electrons. The van der Waals surface area contributed by atoms with E-state index in [0.29, 0.717) is 17.1 Å². The second-order valence-corrected chi connectivity index (χ2v) is 6.47. The number of nitrogens with zero attached hydrogens (tertiary/aromatic N) is 1. The Morgan fingerprint density at radius 2 is 1.95 bits per heavy atom. The highest BCUT2D eigenvalue weighted by atomic mass is 35.5. The zero-order valence-electron chi connectivity index (χ0n) is 13.4. The number of carboxylic acids is 1. The average molecular weight is 328 g/mol. The van der Waals surface area contributed by atoms with Crippen LogP contribution in [-0.2, 0) is 9.53 Å². The number of carbonyl (C=O) groups excluding carboxylic acids is 1. The van der Waals surface area contributed by atoms with Gasteiger partial charge in [-0.25, -0.2) is 4.79 Å². The van der Waals surface area contributed by atoms with Crippen molar-refractivity contribution in [2.24, 2.45) is 0 Å². The van der Waals surface area contributed by atoms with Gasteiger partial charge in [-0.2, -0.15) is 0 Å². The molecule has 0 unspecified atom stereocenters. The van der Waals surface area contributed by atoms with Crippen LogP contribution in [0, 0.1) is 6.92 Å². The fourth-order valence-electron chi connectivity index (χ4n) is 1.83. The highest BCUT2D eigenvalue weighted by Crippen LogP contribution is 2.24. The highest BCUT2D eigenvalue weighted by Gasteiger charge is 2.23. The number of aryl methyl sites for hydroxylation is 1. The van der Waals surface area contributed by atoms with E-state index in [-0.39, 0.29) is 13.0 Å². The summed E-state index contributed by atoms with van der Waals surface area (Å²) in [6.45, 7) is 7.47. The van der Waals surface area contributed by atoms with E-state index < -0.39 is 17.7 Å². The normalized spacial score (nSPS) is 11.1. The van der Waals surface area contributed by atoms with Gasteiger partial charge in [-0.05, 0) is 57.9 Å². The van der Waals surface area contributed by atoms with Crippen molar-refractivity contribution in [3.63, 3.8) is 0 Å². The lowest BCUT2D eigenvalue weighted by atomic mass is 10.2. The predicted molar refractivity (Wildman–Crippen MR) is 86.6 cm³/mol. The summed E-state index contributed by atoms with van der Waals surface area (Å²) in [5.74, 6) is -0.892. The summed E-state index contributed by atoms with van der Waals surface area (Å²) >= 11 is 6.00. The Balaban J connectivity index is 2.96. The summed E-state index contributed by atoms with van der Waals surface area (Å²) in [7, 11) is 0. The highest BCUT2D eigenvalue weighted by molar-refractivity contribution is 6.31. The lowest BCUT2D eigenvalue weighted by Gasteiger charge is -2.27. The van der Waals surface area contributed by atoms with Crippen molar-refractivity contribution in [3.8, 4) is 0 Å². The lowest BCUT2D eigenvalue weighted by molar-refractivity contribution is -0.137. The zero-order valence-corrected chi connectivity index (χ0v) is 14.1. The molecule has 122 valence electrons. The van der Waals surface area contributed by atoms with Crippen molar-refractivity contribution in [1.82, 2.24) is 0 Å². The summed E-state index contributed by atoms with van der Waals surface area (Å²) in [5, 5.41) is 9.36. The number of ether oxygens (including phenoxy) is 1. The topological polar surface area (TPSA) is 66.8 Å². The molecule has 0 heterocycles. The minimum Gasteiger partial charge on any atom is -0.481 e. The lowest BCUT2D eigenvalue weighted by Crippen LogP contribution is -2.37. The first-order valence-corrected chi connectivity index (χ1v) is 7.46. The van der Waals surface area contributed by atoms with Gasteiger partial charge in [0.2, 0.25) is 0 Å². The molecule has 0 aliphatic carbocycles. The first-order chi connectivity index (χ1) is 10.1. The number of carbonyl (C=O) groups is 2. The van der Waals surface area contributed by atoms with Crippen LogP contribution in [0.3, 0.4) is 0 Å². The van der Waals surface area contributed by atoms with Gasteiger partial charge in [0, 0.05) is 23.7 Å². The molecule has 0 saturated carbocycles. The molecule has 1 N–H and O–H groups in total. The number of benzene rings is 1. The molecule has 0 aromatic heterocycles. The number of hydrogen-bond donors (Lipinski definition) is 1. The standard InChI is InChI=1S/C16H22ClNO4/c1-11-10-12(7-8-13(11)17)18(9-5-6-14(19)20)15(21)22-16(2,3)4/h7-8,10H,5-6,9H2,1-4H3,(H,19,20). The van der Waals surface area contributed by atoms with E-state index in [2.05, 4.69) is 0 Å². The molecule has 0 bridgehead atoms. The number of rotatable bonds is 5. The number of anilines is 1. The quantitative estimate of drug-likeness (QED) is 0.877. The molecular formula is C16H22ClNO4. The third-order valence-electron chi connectivity index (χ3n) is 2.84.